The molecule has 8 nitrogen and oxygen atoms in total. The van der Waals surface area contributed by atoms with E-state index in [0.29, 0.717) is 26.2 Å². The Kier molecular flexibility index (Phi) is 6.70. The number of aliphatic hydroxyl groups is 1. The van der Waals surface area contributed by atoms with Gasteiger partial charge in [-0.25, -0.2) is 4.79 Å². The van der Waals surface area contributed by atoms with Crippen LogP contribution in [0.15, 0.2) is 60.7 Å². The number of hydrogen-bond acceptors (Lipinski definition) is 7. The lowest BCUT2D eigenvalue weighted by Crippen LogP contribution is -2.67. The zero-order valence-electron chi connectivity index (χ0n) is 20.4. The van der Waals surface area contributed by atoms with E-state index >= 15 is 0 Å². The molecule has 0 radical (unpaired) electrons. The molecule has 0 aromatic heterocycles. The molecule has 0 bridgehead atoms. The van der Waals surface area contributed by atoms with Gasteiger partial charge in [0.15, 0.2) is 0 Å². The molecule has 3 saturated heterocycles. The molecule has 2 aromatic rings. The third-order valence-corrected chi connectivity index (χ3v) is 8.83. The Bertz CT molecular complexity index is 1120. The van der Waals surface area contributed by atoms with Gasteiger partial charge < -0.3 is 24.5 Å². The Hall–Kier alpha value is -3.04. The largest absolute Gasteiger partial charge is 0.459 e. The molecular weight excluding hydrogens is 478 g/mol. The Morgan fingerprint density at radius 3 is 2.28 bits per heavy atom. The summed E-state index contributed by atoms with van der Waals surface area (Å²) in [6.07, 6.45) is -1.43. The summed E-state index contributed by atoms with van der Waals surface area (Å²) in [5.74, 6) is -2.12. The summed E-state index contributed by atoms with van der Waals surface area (Å²) in [4.78, 5) is 44.6. The number of benzene rings is 2. The number of β-lactam (4-membered cyclic amide) rings is 1. The highest BCUT2D eigenvalue weighted by Gasteiger charge is 2.66. The van der Waals surface area contributed by atoms with Crippen molar-refractivity contribution >= 4 is 35.2 Å². The number of ether oxygens (including phenoxy) is 1. The summed E-state index contributed by atoms with van der Waals surface area (Å²) in [5.41, 5.74) is 1.97. The van der Waals surface area contributed by atoms with E-state index in [1.165, 1.54) is 16.7 Å². The lowest BCUT2D eigenvalue weighted by Gasteiger charge is -2.46. The molecule has 5 rings (SSSR count). The number of nitrogens with zero attached hydrogens (tertiary/aromatic N) is 3. The number of aliphatic hydroxyl groups excluding tert-OH is 1. The predicted octanol–water partition coefficient (Wildman–Crippen LogP) is 2.12. The molecule has 36 heavy (non-hydrogen) atoms. The first kappa shape index (κ1) is 24.6. The van der Waals surface area contributed by atoms with Gasteiger partial charge in [-0.2, -0.15) is 0 Å². The van der Waals surface area contributed by atoms with Crippen molar-refractivity contribution < 1.29 is 24.2 Å². The van der Waals surface area contributed by atoms with Crippen LogP contribution in [0.25, 0.3) is 0 Å². The van der Waals surface area contributed by atoms with Crippen LogP contribution in [-0.2, 0) is 25.7 Å². The first-order valence-corrected chi connectivity index (χ1v) is 13.1. The number of esters is 1. The number of anilines is 1. The van der Waals surface area contributed by atoms with Gasteiger partial charge in [0, 0.05) is 36.6 Å². The quantitative estimate of drug-likeness (QED) is 0.471. The Labute approximate surface area is 215 Å². The minimum Gasteiger partial charge on any atom is -0.459 e. The summed E-state index contributed by atoms with van der Waals surface area (Å²) >= 11 is 1.44. The van der Waals surface area contributed by atoms with Crippen molar-refractivity contribution in [3.63, 3.8) is 0 Å². The topological polar surface area (TPSA) is 90.4 Å². The molecule has 4 atom stereocenters. The maximum Gasteiger partial charge on any atom is 0.330 e. The standard InChI is InChI=1S/C27H31N3O5S/c1-27(2)22(26(34)35-17-18-9-5-3-6-10-18)30-23(32)20(25(30)36-27)21(31)24(33)29-15-13-28(14-16-29)19-11-7-4-8-12-19/h3-12,20-22,25,31H,13-17H2,1-2H3/t20-,21+,22+,25-/m1/s1. The number of carbonyl (C=O) groups excluding carboxylic acids is 3. The van der Waals surface area contributed by atoms with Crippen LogP contribution in [0.5, 0.6) is 0 Å². The zero-order chi connectivity index (χ0) is 25.4. The Morgan fingerprint density at radius 1 is 1.03 bits per heavy atom. The summed E-state index contributed by atoms with van der Waals surface area (Å²) in [5, 5.41) is 10.5. The maximum absolute atomic E-state index is 13.2. The van der Waals surface area contributed by atoms with Crippen LogP contribution < -0.4 is 4.90 Å². The number of thioether (sulfide) groups is 1. The van der Waals surface area contributed by atoms with Crippen molar-refractivity contribution in [1.29, 1.82) is 0 Å². The van der Waals surface area contributed by atoms with Crippen molar-refractivity contribution in [2.75, 3.05) is 31.1 Å². The lowest BCUT2D eigenvalue weighted by molar-refractivity contribution is -0.175. The third kappa shape index (κ3) is 4.46. The number of fused-ring (bicyclic) bond motifs is 1. The maximum atomic E-state index is 13.2. The number of rotatable bonds is 6. The van der Waals surface area contributed by atoms with Gasteiger partial charge >= 0.3 is 5.97 Å². The average molecular weight is 510 g/mol. The van der Waals surface area contributed by atoms with Gasteiger partial charge in [-0.1, -0.05) is 48.5 Å². The lowest BCUT2D eigenvalue weighted by atomic mass is 9.87. The van der Waals surface area contributed by atoms with Crippen molar-refractivity contribution in [2.45, 2.75) is 42.7 Å². The van der Waals surface area contributed by atoms with Gasteiger partial charge in [-0.05, 0) is 31.5 Å². The molecule has 0 saturated carbocycles. The second-order valence-corrected chi connectivity index (χ2v) is 11.7. The average Bonchev–Trinajstić information content (AvgIpc) is 3.15. The van der Waals surface area contributed by atoms with Crippen molar-refractivity contribution in [2.24, 2.45) is 5.92 Å². The highest BCUT2D eigenvalue weighted by Crippen LogP contribution is 2.54. The van der Waals surface area contributed by atoms with Crippen LogP contribution >= 0.6 is 11.8 Å². The fourth-order valence-corrected chi connectivity index (χ4v) is 7.00. The Morgan fingerprint density at radius 2 is 1.64 bits per heavy atom. The Balaban J connectivity index is 1.20. The molecule has 3 fully saturated rings. The van der Waals surface area contributed by atoms with Crippen LogP contribution in [0.2, 0.25) is 0 Å². The minimum atomic E-state index is -1.43. The van der Waals surface area contributed by atoms with E-state index in [1.807, 2.05) is 74.5 Å². The molecular formula is C27H31N3O5S. The van der Waals surface area contributed by atoms with E-state index in [2.05, 4.69) is 4.90 Å². The predicted molar refractivity (Wildman–Crippen MR) is 137 cm³/mol. The van der Waals surface area contributed by atoms with E-state index < -0.39 is 40.1 Å². The van der Waals surface area contributed by atoms with Gasteiger partial charge in [-0.15, -0.1) is 11.8 Å². The summed E-state index contributed by atoms with van der Waals surface area (Å²) in [6, 6.07) is 18.6. The first-order valence-electron chi connectivity index (χ1n) is 12.3. The molecule has 0 aliphatic carbocycles. The normalized spacial score (nSPS) is 25.7. The van der Waals surface area contributed by atoms with E-state index in [9.17, 15) is 19.5 Å². The SMILES string of the molecule is CC1(C)S[C@@H]2[C@H]([C@H](O)C(=O)N3CCN(c4ccccc4)CC3)C(=O)N2[C@H]1C(=O)OCc1ccccc1. The second-order valence-electron chi connectivity index (χ2n) is 9.97. The minimum absolute atomic E-state index is 0.128. The molecule has 3 heterocycles. The van der Waals surface area contributed by atoms with Gasteiger partial charge in [0.25, 0.3) is 5.91 Å². The van der Waals surface area contributed by atoms with Crippen molar-refractivity contribution in [3.05, 3.63) is 66.2 Å². The molecule has 2 amide bonds. The summed E-state index contributed by atoms with van der Waals surface area (Å²) in [6.45, 7) is 6.20. The van der Waals surface area contributed by atoms with Crippen molar-refractivity contribution in [3.8, 4) is 0 Å². The molecule has 2 aromatic carbocycles. The number of piperazine rings is 1. The van der Waals surface area contributed by atoms with Crippen LogP contribution in [-0.4, -0.2) is 81.1 Å². The number of hydrogen-bond donors (Lipinski definition) is 1. The summed E-state index contributed by atoms with van der Waals surface area (Å²) < 4.78 is 4.94. The van der Waals surface area contributed by atoms with E-state index in [-0.39, 0.29) is 12.5 Å². The van der Waals surface area contributed by atoms with Crippen molar-refractivity contribution in [1.82, 2.24) is 9.80 Å². The van der Waals surface area contributed by atoms with E-state index in [0.717, 1.165) is 11.3 Å². The monoisotopic (exact) mass is 509 g/mol. The number of para-hydroxylation sites is 1. The third-order valence-electron chi connectivity index (χ3n) is 7.24. The summed E-state index contributed by atoms with van der Waals surface area (Å²) in [7, 11) is 0. The van der Waals surface area contributed by atoms with Crippen LogP contribution in [0, 0.1) is 5.92 Å². The second kappa shape index (κ2) is 9.78. The molecule has 3 aliphatic rings. The van der Waals surface area contributed by atoms with Gasteiger partial charge in [0.05, 0.1) is 5.37 Å². The van der Waals surface area contributed by atoms with E-state index in [4.69, 9.17) is 4.74 Å². The molecule has 0 unspecified atom stereocenters. The van der Waals surface area contributed by atoms with Crippen LogP contribution in [0.3, 0.4) is 0 Å². The molecule has 9 heteroatoms. The van der Waals surface area contributed by atoms with Crippen LogP contribution in [0.1, 0.15) is 19.4 Å². The van der Waals surface area contributed by atoms with Gasteiger partial charge in [0.2, 0.25) is 5.91 Å². The highest BCUT2D eigenvalue weighted by atomic mass is 32.2. The fourth-order valence-electron chi connectivity index (χ4n) is 5.29. The smallest absolute Gasteiger partial charge is 0.330 e. The number of carbonyl (C=O) groups is 3. The van der Waals surface area contributed by atoms with Gasteiger partial charge in [-0.3, -0.25) is 9.59 Å². The number of amides is 2. The highest BCUT2D eigenvalue weighted by molar-refractivity contribution is 8.01. The zero-order valence-corrected chi connectivity index (χ0v) is 21.3. The molecule has 1 N–H and O–H groups in total. The molecule has 3 aliphatic heterocycles. The molecule has 0 spiro atoms. The van der Waals surface area contributed by atoms with Crippen LogP contribution in [0.4, 0.5) is 5.69 Å². The van der Waals surface area contributed by atoms with Gasteiger partial charge in [0.1, 0.15) is 24.7 Å². The van der Waals surface area contributed by atoms with E-state index in [1.54, 1.807) is 4.90 Å². The molecule has 190 valence electrons. The fraction of sp³-hybridized carbons (Fsp3) is 0.444. The first-order chi connectivity index (χ1) is 17.3.